The van der Waals surface area contributed by atoms with Gasteiger partial charge in [0, 0.05) is 34.1 Å². The lowest BCUT2D eigenvalue weighted by Crippen LogP contribution is -2.19. The molecule has 10 rings (SSSR count). The van der Waals surface area contributed by atoms with Crippen molar-refractivity contribution in [2.45, 2.75) is 80.1 Å². The topological polar surface area (TPSA) is 6.48 Å². The Hall–Kier alpha value is -6.64. The molecule has 0 fully saturated rings. The van der Waals surface area contributed by atoms with E-state index in [-0.39, 0.29) is 0 Å². The highest BCUT2D eigenvalue weighted by Crippen LogP contribution is 2.49. The molecule has 0 saturated carbocycles. The first kappa shape index (κ1) is 39.5. The van der Waals surface area contributed by atoms with E-state index in [9.17, 15) is 0 Å². The van der Waals surface area contributed by atoms with Gasteiger partial charge in [0.25, 0.3) is 0 Å². The SMILES string of the molecule is Cc1ccc(N(C2=Cc3c(c4c5ccc(C(C)C)cc5c5cc(N(c6ccc(C)cc6)c6ccc(C)cc6)ccc5c4c4ccc(C(C)C)cc34)CC2)c2ccc(C)cc2)cc1. The zero-order chi connectivity index (χ0) is 42.8. The fraction of sp³-hybridized carbons (Fsp3) is 0.200. The van der Waals surface area contributed by atoms with Gasteiger partial charge in [-0.1, -0.05) is 141 Å². The summed E-state index contributed by atoms with van der Waals surface area (Å²) in [5.74, 6) is 0.819. The summed E-state index contributed by atoms with van der Waals surface area (Å²) in [5.41, 5.74) is 17.8. The lowest BCUT2D eigenvalue weighted by molar-refractivity contribution is 0.868. The van der Waals surface area contributed by atoms with Gasteiger partial charge < -0.3 is 9.80 Å². The van der Waals surface area contributed by atoms with Crippen molar-refractivity contribution in [1.82, 2.24) is 0 Å². The highest BCUT2D eigenvalue weighted by atomic mass is 15.2. The largest absolute Gasteiger partial charge is 0.314 e. The fourth-order valence-electron chi connectivity index (χ4n) is 9.79. The molecule has 62 heavy (non-hydrogen) atoms. The van der Waals surface area contributed by atoms with Crippen molar-refractivity contribution >= 4 is 77.6 Å². The van der Waals surface area contributed by atoms with Crippen LogP contribution >= 0.6 is 0 Å². The van der Waals surface area contributed by atoms with E-state index in [0.717, 1.165) is 29.9 Å². The van der Waals surface area contributed by atoms with Gasteiger partial charge in [0.05, 0.1) is 0 Å². The molecule has 0 amide bonds. The molecule has 0 atom stereocenters. The molecule has 0 saturated heterocycles. The zero-order valence-corrected chi connectivity index (χ0v) is 37.5. The van der Waals surface area contributed by atoms with E-state index in [1.165, 1.54) is 105 Å². The van der Waals surface area contributed by atoms with Crippen LogP contribution in [0.2, 0.25) is 0 Å². The molecule has 0 radical (unpaired) electrons. The van der Waals surface area contributed by atoms with Crippen LogP contribution in [0.25, 0.3) is 49.2 Å². The van der Waals surface area contributed by atoms with Gasteiger partial charge in [-0.25, -0.2) is 0 Å². The van der Waals surface area contributed by atoms with Crippen LogP contribution in [0.5, 0.6) is 0 Å². The Morgan fingerprint density at radius 3 is 1.23 bits per heavy atom. The van der Waals surface area contributed by atoms with E-state index in [0.29, 0.717) is 11.8 Å². The third-order valence-electron chi connectivity index (χ3n) is 13.3. The summed E-state index contributed by atoms with van der Waals surface area (Å²) >= 11 is 0. The number of hydrogen-bond donors (Lipinski definition) is 0. The van der Waals surface area contributed by atoms with Crippen molar-refractivity contribution < 1.29 is 0 Å². The van der Waals surface area contributed by atoms with E-state index >= 15 is 0 Å². The summed E-state index contributed by atoms with van der Waals surface area (Å²) in [6, 6.07) is 57.8. The average Bonchev–Trinajstić information content (AvgIpc) is 3.28. The minimum Gasteiger partial charge on any atom is -0.314 e. The van der Waals surface area contributed by atoms with Crippen LogP contribution in [0.15, 0.2) is 157 Å². The van der Waals surface area contributed by atoms with Crippen LogP contribution in [-0.2, 0) is 6.42 Å². The summed E-state index contributed by atoms with van der Waals surface area (Å²) < 4.78 is 0. The predicted octanol–water partition coefficient (Wildman–Crippen LogP) is 17.4. The molecule has 1 aliphatic carbocycles. The van der Waals surface area contributed by atoms with E-state index in [4.69, 9.17) is 0 Å². The smallest absolute Gasteiger partial charge is 0.0468 e. The molecule has 2 heteroatoms. The van der Waals surface area contributed by atoms with Gasteiger partial charge >= 0.3 is 0 Å². The monoisotopic (exact) mass is 804 g/mol. The quantitative estimate of drug-likeness (QED) is 0.141. The van der Waals surface area contributed by atoms with Gasteiger partial charge in [-0.2, -0.15) is 0 Å². The summed E-state index contributed by atoms with van der Waals surface area (Å²) in [7, 11) is 0. The van der Waals surface area contributed by atoms with Gasteiger partial charge in [0.1, 0.15) is 0 Å². The molecule has 0 spiro atoms. The first-order chi connectivity index (χ1) is 30.0. The van der Waals surface area contributed by atoms with Gasteiger partial charge in [-0.3, -0.25) is 0 Å². The Kier molecular flexibility index (Phi) is 9.99. The van der Waals surface area contributed by atoms with Gasteiger partial charge in [0.2, 0.25) is 0 Å². The number of rotatable bonds is 8. The van der Waals surface area contributed by atoms with Gasteiger partial charge in [0.15, 0.2) is 0 Å². The number of aryl methyl sites for hydroxylation is 5. The molecule has 2 nitrogen and oxygen atoms in total. The van der Waals surface area contributed by atoms with Gasteiger partial charge in [-0.15, -0.1) is 0 Å². The summed E-state index contributed by atoms with van der Waals surface area (Å²) in [6.07, 6.45) is 4.42. The van der Waals surface area contributed by atoms with Crippen molar-refractivity contribution in [2.24, 2.45) is 0 Å². The number of nitrogens with zero attached hydrogens (tertiary/aromatic N) is 2. The third-order valence-corrected chi connectivity index (χ3v) is 13.3. The van der Waals surface area contributed by atoms with Crippen molar-refractivity contribution in [3.63, 3.8) is 0 Å². The molecule has 0 bridgehead atoms. The lowest BCUT2D eigenvalue weighted by atomic mass is 9.80. The van der Waals surface area contributed by atoms with Crippen LogP contribution in [0.3, 0.4) is 0 Å². The maximum atomic E-state index is 2.53. The molecule has 0 N–H and O–H groups in total. The second kappa shape index (κ2) is 15.7. The van der Waals surface area contributed by atoms with Gasteiger partial charge in [-0.05, 0) is 184 Å². The summed E-state index contributed by atoms with van der Waals surface area (Å²) in [4.78, 5) is 4.91. The molecule has 0 unspecified atom stereocenters. The normalized spacial score (nSPS) is 12.8. The number of fused-ring (bicyclic) bond motifs is 11. The third kappa shape index (κ3) is 6.92. The minimum atomic E-state index is 0.407. The second-order valence-electron chi connectivity index (χ2n) is 18.4. The Morgan fingerprint density at radius 2 is 0.742 bits per heavy atom. The van der Waals surface area contributed by atoms with Crippen LogP contribution in [0.4, 0.5) is 28.4 Å². The van der Waals surface area contributed by atoms with Crippen LogP contribution < -0.4 is 9.80 Å². The zero-order valence-electron chi connectivity index (χ0n) is 37.5. The van der Waals surface area contributed by atoms with Crippen molar-refractivity contribution in [2.75, 3.05) is 9.80 Å². The maximum Gasteiger partial charge on any atom is 0.0468 e. The standard InChI is InChI=1S/C60H56N2/c1-37(2)43-17-29-51-55(33-43)57-35-49(61(45-19-9-39(5)10-20-45)46-21-11-40(6)12-22-46)27-31-53(57)60-52-30-18-44(38(3)4)34-56(52)58-36-50(28-32-54(58)59(51)60)62(47-23-13-41(7)14-24-47)48-25-15-42(8)16-26-48/h9-27,29-31,33-38H,28,32H2,1-8H3. The summed E-state index contributed by atoms with van der Waals surface area (Å²) in [6.45, 7) is 17.9. The molecule has 1 aliphatic rings. The summed E-state index contributed by atoms with van der Waals surface area (Å²) in [5, 5.41) is 10.7. The molecule has 9 aromatic rings. The van der Waals surface area contributed by atoms with E-state index in [1.54, 1.807) is 0 Å². The number of allylic oxidation sites excluding steroid dienone is 1. The highest BCUT2D eigenvalue weighted by Gasteiger charge is 2.26. The predicted molar refractivity (Wildman–Crippen MR) is 270 cm³/mol. The molecular formula is C60H56N2. The van der Waals surface area contributed by atoms with Crippen LogP contribution in [-0.4, -0.2) is 0 Å². The molecule has 306 valence electrons. The Labute approximate surface area is 367 Å². The highest BCUT2D eigenvalue weighted by molar-refractivity contribution is 6.34. The molecule has 9 aromatic carbocycles. The van der Waals surface area contributed by atoms with Crippen molar-refractivity contribution in [3.8, 4) is 0 Å². The second-order valence-corrected chi connectivity index (χ2v) is 18.4. The van der Waals surface area contributed by atoms with Crippen molar-refractivity contribution in [1.29, 1.82) is 0 Å². The van der Waals surface area contributed by atoms with Crippen LogP contribution in [0, 0.1) is 27.7 Å². The van der Waals surface area contributed by atoms with E-state index in [2.05, 4.69) is 223 Å². The van der Waals surface area contributed by atoms with Crippen molar-refractivity contribution in [3.05, 3.63) is 202 Å². The van der Waals surface area contributed by atoms with E-state index < -0.39 is 0 Å². The fourth-order valence-corrected chi connectivity index (χ4v) is 9.79. The molecular weight excluding hydrogens is 749 g/mol. The Balaban J connectivity index is 1.29. The number of anilines is 5. The Morgan fingerprint density at radius 1 is 0.355 bits per heavy atom. The first-order valence-corrected chi connectivity index (χ1v) is 22.5. The van der Waals surface area contributed by atoms with E-state index in [1.807, 2.05) is 0 Å². The number of benzene rings is 9. The molecule has 0 aromatic heterocycles. The molecule has 0 aliphatic heterocycles. The maximum absolute atomic E-state index is 2.53. The average molecular weight is 805 g/mol. The minimum absolute atomic E-state index is 0.407. The Bertz CT molecular complexity index is 3090. The lowest BCUT2D eigenvalue weighted by Gasteiger charge is -2.32. The first-order valence-electron chi connectivity index (χ1n) is 22.5. The van der Waals surface area contributed by atoms with Crippen LogP contribution in [0.1, 0.15) is 90.5 Å². The molecule has 0 heterocycles. The number of hydrogen-bond acceptors (Lipinski definition) is 2.